The lowest BCUT2D eigenvalue weighted by atomic mass is 10.1. The Labute approximate surface area is 76.0 Å². The van der Waals surface area contributed by atoms with Crippen molar-refractivity contribution in [3.8, 4) is 0 Å². The fourth-order valence-corrected chi connectivity index (χ4v) is 0.641. The first-order valence-corrected chi connectivity index (χ1v) is 3.82. The number of carbonyl (C=O) groups is 1. The van der Waals surface area contributed by atoms with Crippen LogP contribution in [0.3, 0.4) is 0 Å². The maximum absolute atomic E-state index is 11.5. The van der Waals surface area contributed by atoms with Gasteiger partial charge in [-0.05, 0) is 13.8 Å². The van der Waals surface area contributed by atoms with E-state index in [4.69, 9.17) is 4.74 Å². The van der Waals surface area contributed by atoms with Crippen LogP contribution in [0.25, 0.3) is 0 Å². The zero-order valence-corrected chi connectivity index (χ0v) is 7.83. The molecule has 0 saturated heterocycles. The molecule has 1 heterocycles. The van der Waals surface area contributed by atoms with Gasteiger partial charge in [0, 0.05) is 7.11 Å². The van der Waals surface area contributed by atoms with E-state index in [0.717, 1.165) is 0 Å². The lowest BCUT2D eigenvalue weighted by Gasteiger charge is -2.20. The summed E-state index contributed by atoms with van der Waals surface area (Å²) in [6.07, 6.45) is 2.77. The van der Waals surface area contributed by atoms with Gasteiger partial charge >= 0.3 is 0 Å². The molecule has 1 amide bonds. The summed E-state index contributed by atoms with van der Waals surface area (Å²) >= 11 is 0. The van der Waals surface area contributed by atoms with Crippen molar-refractivity contribution in [2.75, 3.05) is 12.4 Å². The van der Waals surface area contributed by atoms with Gasteiger partial charge in [0.1, 0.15) is 17.6 Å². The van der Waals surface area contributed by atoms with Gasteiger partial charge in [-0.2, -0.15) is 0 Å². The van der Waals surface area contributed by atoms with E-state index in [1.165, 1.54) is 19.6 Å². The molecular formula is C8H12N2O3. The van der Waals surface area contributed by atoms with E-state index in [1.807, 2.05) is 0 Å². The highest BCUT2D eigenvalue weighted by Crippen LogP contribution is 2.12. The first-order valence-electron chi connectivity index (χ1n) is 3.82. The molecule has 0 atom stereocenters. The highest BCUT2D eigenvalue weighted by molar-refractivity contribution is 5.96. The minimum atomic E-state index is -0.850. The molecule has 1 N–H and O–H groups in total. The third-order valence-electron chi connectivity index (χ3n) is 1.75. The fraction of sp³-hybridized carbons (Fsp3) is 0.500. The quantitative estimate of drug-likeness (QED) is 0.762. The minimum Gasteiger partial charge on any atom is -0.369 e. The molecule has 0 saturated carbocycles. The van der Waals surface area contributed by atoms with Crippen molar-refractivity contribution in [2.45, 2.75) is 19.4 Å². The molecule has 5 nitrogen and oxygen atoms in total. The molecule has 0 fully saturated rings. The van der Waals surface area contributed by atoms with Gasteiger partial charge in [-0.3, -0.25) is 4.79 Å². The van der Waals surface area contributed by atoms with Crippen molar-refractivity contribution in [3.05, 3.63) is 12.5 Å². The Kier molecular flexibility index (Phi) is 2.67. The fourth-order valence-electron chi connectivity index (χ4n) is 0.641. The van der Waals surface area contributed by atoms with Crippen LogP contribution in [-0.4, -0.2) is 23.8 Å². The van der Waals surface area contributed by atoms with E-state index in [1.54, 1.807) is 13.8 Å². The summed E-state index contributed by atoms with van der Waals surface area (Å²) in [5, 5.41) is 6.05. The molecule has 0 radical (unpaired) electrons. The first kappa shape index (κ1) is 9.73. The van der Waals surface area contributed by atoms with Crippen molar-refractivity contribution < 1.29 is 14.1 Å². The molecular weight excluding hydrogens is 172 g/mol. The molecule has 0 bridgehead atoms. The standard InChI is InChI=1S/C8H12N2O3/c1-8(2,12-3)7(11)10-6-4-9-13-5-6/h4-5H,1-3H3,(H,10,11). The van der Waals surface area contributed by atoms with Gasteiger partial charge in [0.15, 0.2) is 0 Å². The predicted octanol–water partition coefficient (Wildman–Crippen LogP) is 1.04. The molecule has 0 aliphatic heterocycles. The van der Waals surface area contributed by atoms with Crippen LogP contribution in [0, 0.1) is 0 Å². The number of anilines is 1. The zero-order valence-electron chi connectivity index (χ0n) is 7.83. The van der Waals surface area contributed by atoms with E-state index in [2.05, 4.69) is 15.0 Å². The van der Waals surface area contributed by atoms with Crippen molar-refractivity contribution in [1.82, 2.24) is 5.16 Å². The number of hydrogen-bond donors (Lipinski definition) is 1. The van der Waals surface area contributed by atoms with Gasteiger partial charge in [0.25, 0.3) is 5.91 Å². The van der Waals surface area contributed by atoms with Crippen LogP contribution in [0.2, 0.25) is 0 Å². The average Bonchev–Trinajstić information content (AvgIpc) is 2.57. The van der Waals surface area contributed by atoms with Gasteiger partial charge in [-0.1, -0.05) is 5.16 Å². The third-order valence-corrected chi connectivity index (χ3v) is 1.75. The molecule has 1 aromatic rings. The molecule has 0 spiro atoms. The van der Waals surface area contributed by atoms with E-state index >= 15 is 0 Å². The summed E-state index contributed by atoms with van der Waals surface area (Å²) in [7, 11) is 1.48. The smallest absolute Gasteiger partial charge is 0.256 e. The molecule has 5 heteroatoms. The molecule has 0 aliphatic carbocycles. The predicted molar refractivity (Wildman–Crippen MR) is 46.2 cm³/mol. The molecule has 1 aromatic heterocycles. The molecule has 1 rings (SSSR count). The average molecular weight is 184 g/mol. The Morgan fingerprint density at radius 1 is 1.69 bits per heavy atom. The normalized spacial score (nSPS) is 11.3. The van der Waals surface area contributed by atoms with Crippen molar-refractivity contribution >= 4 is 11.6 Å². The summed E-state index contributed by atoms with van der Waals surface area (Å²) in [6.45, 7) is 3.35. The molecule has 13 heavy (non-hydrogen) atoms. The molecule has 0 aliphatic rings. The number of rotatable bonds is 3. The van der Waals surface area contributed by atoms with Crippen molar-refractivity contribution in [3.63, 3.8) is 0 Å². The van der Waals surface area contributed by atoms with Crippen LogP contribution in [-0.2, 0) is 9.53 Å². The van der Waals surface area contributed by atoms with Crippen LogP contribution >= 0.6 is 0 Å². The van der Waals surface area contributed by atoms with E-state index in [-0.39, 0.29) is 5.91 Å². The Bertz CT molecular complexity index is 280. The number of carbonyl (C=O) groups excluding carboxylic acids is 1. The van der Waals surface area contributed by atoms with Gasteiger partial charge in [-0.25, -0.2) is 0 Å². The molecule has 0 aromatic carbocycles. The van der Waals surface area contributed by atoms with Crippen LogP contribution in [0.5, 0.6) is 0 Å². The number of methoxy groups -OCH3 is 1. The Balaban J connectivity index is 2.61. The summed E-state index contributed by atoms with van der Waals surface area (Å²) in [4.78, 5) is 11.5. The lowest BCUT2D eigenvalue weighted by Crippen LogP contribution is -2.38. The zero-order chi connectivity index (χ0) is 9.90. The number of amides is 1. The van der Waals surface area contributed by atoms with Gasteiger partial charge < -0.3 is 14.6 Å². The Hall–Kier alpha value is -1.36. The third kappa shape index (κ3) is 2.29. The topological polar surface area (TPSA) is 64.4 Å². The van der Waals surface area contributed by atoms with Crippen LogP contribution in [0.15, 0.2) is 17.0 Å². The van der Waals surface area contributed by atoms with E-state index < -0.39 is 5.60 Å². The molecule has 72 valence electrons. The van der Waals surface area contributed by atoms with E-state index in [0.29, 0.717) is 5.69 Å². The van der Waals surface area contributed by atoms with Gasteiger partial charge in [-0.15, -0.1) is 0 Å². The minimum absolute atomic E-state index is 0.238. The van der Waals surface area contributed by atoms with Gasteiger partial charge in [0.2, 0.25) is 0 Å². The number of nitrogens with one attached hydrogen (secondary N) is 1. The Morgan fingerprint density at radius 2 is 2.38 bits per heavy atom. The monoisotopic (exact) mass is 184 g/mol. The highest BCUT2D eigenvalue weighted by atomic mass is 16.5. The molecule has 0 unspecified atom stereocenters. The first-order chi connectivity index (χ1) is 6.06. The van der Waals surface area contributed by atoms with Crippen molar-refractivity contribution in [2.24, 2.45) is 0 Å². The van der Waals surface area contributed by atoms with Crippen molar-refractivity contribution in [1.29, 1.82) is 0 Å². The SMILES string of the molecule is COC(C)(C)C(=O)Nc1cnoc1. The lowest BCUT2D eigenvalue weighted by molar-refractivity contribution is -0.133. The number of ether oxygens (including phenoxy) is 1. The Morgan fingerprint density at radius 3 is 2.85 bits per heavy atom. The van der Waals surface area contributed by atoms with Crippen LogP contribution in [0.4, 0.5) is 5.69 Å². The second-order valence-corrected chi connectivity index (χ2v) is 3.08. The highest BCUT2D eigenvalue weighted by Gasteiger charge is 2.27. The number of nitrogens with zero attached hydrogens (tertiary/aromatic N) is 1. The van der Waals surface area contributed by atoms with Gasteiger partial charge in [0.05, 0.1) is 6.20 Å². The van der Waals surface area contributed by atoms with Crippen LogP contribution < -0.4 is 5.32 Å². The summed E-state index contributed by atoms with van der Waals surface area (Å²) in [5.74, 6) is -0.238. The number of hydrogen-bond acceptors (Lipinski definition) is 4. The largest absolute Gasteiger partial charge is 0.369 e. The summed E-state index contributed by atoms with van der Waals surface area (Å²) < 4.78 is 9.54. The maximum atomic E-state index is 11.5. The second-order valence-electron chi connectivity index (χ2n) is 3.08. The van der Waals surface area contributed by atoms with Crippen LogP contribution in [0.1, 0.15) is 13.8 Å². The maximum Gasteiger partial charge on any atom is 0.256 e. The summed E-state index contributed by atoms with van der Waals surface area (Å²) in [6, 6.07) is 0. The van der Waals surface area contributed by atoms with E-state index in [9.17, 15) is 4.79 Å². The second kappa shape index (κ2) is 3.57. The summed E-state index contributed by atoms with van der Waals surface area (Å²) in [5.41, 5.74) is -0.327. The number of aromatic nitrogens is 1.